The van der Waals surface area contributed by atoms with Crippen LogP contribution in [0.2, 0.25) is 0 Å². The number of aromatic nitrogens is 2. The third-order valence-corrected chi connectivity index (χ3v) is 3.96. The molecule has 0 spiro atoms. The maximum atomic E-state index is 12.3. The number of aliphatic carboxylic acids is 1. The van der Waals surface area contributed by atoms with Crippen molar-refractivity contribution in [2.24, 2.45) is 0 Å². The molecular formula is C15H16BrN3O4. The van der Waals surface area contributed by atoms with Gasteiger partial charge in [0, 0.05) is 12.4 Å². The molecule has 2 rings (SSSR count). The summed E-state index contributed by atoms with van der Waals surface area (Å²) in [5, 5.41) is 15.9. The molecule has 1 aromatic heterocycles. The quantitative estimate of drug-likeness (QED) is 0.799. The number of nitrogens with one attached hydrogen (secondary N) is 1. The van der Waals surface area contributed by atoms with Gasteiger partial charge in [-0.2, -0.15) is 5.10 Å². The van der Waals surface area contributed by atoms with E-state index in [2.05, 4.69) is 26.3 Å². The second kappa shape index (κ2) is 7.28. The monoisotopic (exact) mass is 381 g/mol. The molecule has 23 heavy (non-hydrogen) atoms. The molecule has 0 radical (unpaired) electrons. The maximum absolute atomic E-state index is 12.3. The van der Waals surface area contributed by atoms with Gasteiger partial charge in [0.2, 0.25) is 5.91 Å². The molecule has 1 amide bonds. The molecular weight excluding hydrogens is 366 g/mol. The number of benzene rings is 1. The van der Waals surface area contributed by atoms with Crippen LogP contribution in [-0.4, -0.2) is 33.9 Å². The van der Waals surface area contributed by atoms with Crippen molar-refractivity contribution in [3.8, 4) is 5.75 Å². The molecule has 0 bridgehead atoms. The molecule has 0 aliphatic carbocycles. The van der Waals surface area contributed by atoms with Crippen LogP contribution in [0.1, 0.15) is 24.6 Å². The van der Waals surface area contributed by atoms with Crippen molar-refractivity contribution < 1.29 is 19.4 Å². The van der Waals surface area contributed by atoms with Crippen LogP contribution in [0.15, 0.2) is 41.1 Å². The van der Waals surface area contributed by atoms with Crippen molar-refractivity contribution >= 4 is 27.8 Å². The average Bonchev–Trinajstić information content (AvgIpc) is 3.05. The Morgan fingerprint density at radius 3 is 2.70 bits per heavy atom. The van der Waals surface area contributed by atoms with Crippen molar-refractivity contribution in [2.45, 2.75) is 19.0 Å². The Bertz CT molecular complexity index is 703. The number of amides is 1. The lowest BCUT2D eigenvalue weighted by molar-refractivity contribution is -0.142. The number of hydrogen-bond donors (Lipinski definition) is 2. The molecule has 122 valence electrons. The van der Waals surface area contributed by atoms with E-state index in [-0.39, 0.29) is 0 Å². The summed E-state index contributed by atoms with van der Waals surface area (Å²) in [5.74, 6) is -1.01. The highest BCUT2D eigenvalue weighted by atomic mass is 79.9. The van der Waals surface area contributed by atoms with E-state index in [1.807, 2.05) is 0 Å². The van der Waals surface area contributed by atoms with E-state index < -0.39 is 24.0 Å². The Morgan fingerprint density at radius 2 is 2.17 bits per heavy atom. The SMILES string of the molecule is COc1ccc(C(NC(=O)C(C)n2cccn2)C(=O)O)cc1Br. The minimum atomic E-state index is -1.16. The van der Waals surface area contributed by atoms with Gasteiger partial charge in [0.1, 0.15) is 11.8 Å². The van der Waals surface area contributed by atoms with Gasteiger partial charge in [-0.15, -0.1) is 0 Å². The Labute approximate surface area is 141 Å². The molecule has 2 unspecified atom stereocenters. The van der Waals surface area contributed by atoms with E-state index in [0.717, 1.165) is 0 Å². The number of rotatable bonds is 6. The summed E-state index contributed by atoms with van der Waals surface area (Å²) in [5.41, 5.74) is 0.436. The second-order valence-electron chi connectivity index (χ2n) is 4.84. The number of halogens is 1. The van der Waals surface area contributed by atoms with Gasteiger partial charge < -0.3 is 15.2 Å². The Hall–Kier alpha value is -2.35. The minimum absolute atomic E-state index is 0.436. The smallest absolute Gasteiger partial charge is 0.330 e. The summed E-state index contributed by atoms with van der Waals surface area (Å²) in [6.07, 6.45) is 3.20. The van der Waals surface area contributed by atoms with Crippen LogP contribution in [-0.2, 0) is 9.59 Å². The zero-order chi connectivity index (χ0) is 17.0. The summed E-state index contributed by atoms with van der Waals surface area (Å²) in [6, 6.07) is 4.76. The Balaban J connectivity index is 2.20. The molecule has 7 nitrogen and oxygen atoms in total. The number of carboxylic acids is 1. The fraction of sp³-hybridized carbons (Fsp3) is 0.267. The number of carbonyl (C=O) groups is 2. The molecule has 0 saturated heterocycles. The zero-order valence-electron chi connectivity index (χ0n) is 12.6. The molecule has 2 atom stereocenters. The van der Waals surface area contributed by atoms with Crippen molar-refractivity contribution in [3.05, 3.63) is 46.7 Å². The first-order chi connectivity index (χ1) is 10.9. The Morgan fingerprint density at radius 1 is 1.43 bits per heavy atom. The average molecular weight is 382 g/mol. The third-order valence-electron chi connectivity index (χ3n) is 3.34. The van der Waals surface area contributed by atoms with E-state index >= 15 is 0 Å². The van der Waals surface area contributed by atoms with Crippen LogP contribution in [0, 0.1) is 0 Å². The topological polar surface area (TPSA) is 93.5 Å². The maximum Gasteiger partial charge on any atom is 0.330 e. The predicted molar refractivity (Wildman–Crippen MR) is 86.2 cm³/mol. The molecule has 1 aromatic carbocycles. The van der Waals surface area contributed by atoms with Gasteiger partial charge in [0.15, 0.2) is 6.04 Å². The van der Waals surface area contributed by atoms with Crippen molar-refractivity contribution in [1.29, 1.82) is 0 Å². The third kappa shape index (κ3) is 3.89. The molecule has 0 aliphatic heterocycles. The number of methoxy groups -OCH3 is 1. The summed E-state index contributed by atoms with van der Waals surface area (Å²) in [6.45, 7) is 1.64. The first-order valence-corrected chi connectivity index (χ1v) is 7.59. The van der Waals surface area contributed by atoms with Gasteiger partial charge in [-0.3, -0.25) is 9.48 Å². The molecule has 0 aliphatic rings. The first kappa shape index (κ1) is 17.0. The van der Waals surface area contributed by atoms with Crippen molar-refractivity contribution in [2.75, 3.05) is 7.11 Å². The van der Waals surface area contributed by atoms with Crippen LogP contribution in [0.4, 0.5) is 0 Å². The minimum Gasteiger partial charge on any atom is -0.496 e. The van der Waals surface area contributed by atoms with Gasteiger partial charge in [-0.1, -0.05) is 6.07 Å². The molecule has 8 heteroatoms. The molecule has 1 heterocycles. The number of hydrogen-bond acceptors (Lipinski definition) is 4. The number of ether oxygens (including phenoxy) is 1. The van der Waals surface area contributed by atoms with Gasteiger partial charge in [0.25, 0.3) is 0 Å². The molecule has 0 fully saturated rings. The lowest BCUT2D eigenvalue weighted by Crippen LogP contribution is -2.38. The molecule has 2 N–H and O–H groups in total. The summed E-state index contributed by atoms with van der Waals surface area (Å²) >= 11 is 3.31. The predicted octanol–water partition coefficient (Wildman–Crippen LogP) is 2.16. The van der Waals surface area contributed by atoms with E-state index in [4.69, 9.17) is 4.74 Å². The van der Waals surface area contributed by atoms with E-state index in [9.17, 15) is 14.7 Å². The highest BCUT2D eigenvalue weighted by Crippen LogP contribution is 2.28. The largest absolute Gasteiger partial charge is 0.496 e. The van der Waals surface area contributed by atoms with Crippen LogP contribution >= 0.6 is 15.9 Å². The lowest BCUT2D eigenvalue weighted by Gasteiger charge is -2.19. The zero-order valence-corrected chi connectivity index (χ0v) is 14.1. The summed E-state index contributed by atoms with van der Waals surface area (Å²) < 4.78 is 7.18. The number of carboxylic acid groups (broad SMARTS) is 1. The second-order valence-corrected chi connectivity index (χ2v) is 5.69. The van der Waals surface area contributed by atoms with Gasteiger partial charge in [0.05, 0.1) is 11.6 Å². The molecule has 2 aromatic rings. The summed E-state index contributed by atoms with van der Waals surface area (Å²) in [4.78, 5) is 23.8. The highest BCUT2D eigenvalue weighted by molar-refractivity contribution is 9.10. The van der Waals surface area contributed by atoms with Crippen LogP contribution in [0.5, 0.6) is 5.75 Å². The highest BCUT2D eigenvalue weighted by Gasteiger charge is 2.26. The van der Waals surface area contributed by atoms with Crippen LogP contribution < -0.4 is 10.1 Å². The summed E-state index contributed by atoms with van der Waals surface area (Å²) in [7, 11) is 1.52. The number of nitrogens with zero attached hydrogens (tertiary/aromatic N) is 2. The number of carbonyl (C=O) groups excluding carboxylic acids is 1. The fourth-order valence-corrected chi connectivity index (χ4v) is 2.60. The van der Waals surface area contributed by atoms with Gasteiger partial charge in [-0.05, 0) is 46.6 Å². The van der Waals surface area contributed by atoms with E-state index in [1.165, 1.54) is 11.8 Å². The van der Waals surface area contributed by atoms with Gasteiger partial charge in [-0.25, -0.2) is 4.79 Å². The van der Waals surface area contributed by atoms with E-state index in [1.54, 1.807) is 43.6 Å². The Kier molecular flexibility index (Phi) is 5.38. The fourth-order valence-electron chi connectivity index (χ4n) is 2.04. The van der Waals surface area contributed by atoms with Crippen molar-refractivity contribution in [1.82, 2.24) is 15.1 Å². The standard InChI is InChI=1S/C15H16BrN3O4/c1-9(19-7-3-6-17-19)14(20)18-13(15(21)22)10-4-5-12(23-2)11(16)8-10/h3-9,13H,1-2H3,(H,18,20)(H,21,22). The normalized spacial score (nSPS) is 13.2. The van der Waals surface area contributed by atoms with Crippen molar-refractivity contribution in [3.63, 3.8) is 0 Å². The van der Waals surface area contributed by atoms with Crippen LogP contribution in [0.3, 0.4) is 0 Å². The van der Waals surface area contributed by atoms with Gasteiger partial charge >= 0.3 is 5.97 Å². The van der Waals surface area contributed by atoms with Crippen LogP contribution in [0.25, 0.3) is 0 Å². The lowest BCUT2D eigenvalue weighted by atomic mass is 10.1. The van der Waals surface area contributed by atoms with E-state index in [0.29, 0.717) is 15.8 Å². The molecule has 0 saturated carbocycles. The first-order valence-electron chi connectivity index (χ1n) is 6.79.